The molecule has 0 aliphatic carbocycles. The minimum Gasteiger partial charge on any atom is -0.544 e. The molecule has 0 spiro atoms. The molecule has 3 rings (SSSR count). The van der Waals surface area contributed by atoms with Gasteiger partial charge in [-0.25, -0.2) is 9.97 Å². The van der Waals surface area contributed by atoms with E-state index in [0.29, 0.717) is 12.6 Å². The van der Waals surface area contributed by atoms with Gasteiger partial charge in [-0.15, -0.1) is 0 Å². The molecule has 8 heteroatoms. The van der Waals surface area contributed by atoms with Gasteiger partial charge in [-0.05, 0) is 42.4 Å². The van der Waals surface area contributed by atoms with Crippen molar-refractivity contribution in [3.63, 3.8) is 0 Å². The van der Waals surface area contributed by atoms with E-state index in [1.54, 1.807) is 12.4 Å². The molecule has 1 aliphatic heterocycles. The number of morpholine rings is 1. The lowest BCUT2D eigenvalue weighted by Gasteiger charge is -2.36. The fourth-order valence-corrected chi connectivity index (χ4v) is 3.80. The molecule has 0 bridgehead atoms. The molecule has 1 saturated heterocycles. The number of hydrogen-bond acceptors (Lipinski definition) is 7. The van der Waals surface area contributed by atoms with Crippen LogP contribution < -0.4 is 14.5 Å². The van der Waals surface area contributed by atoms with E-state index in [1.807, 2.05) is 24.3 Å². The first-order valence-corrected chi connectivity index (χ1v) is 13.4. The molecular formula is C22H34N4O3Si. The first-order chi connectivity index (χ1) is 14.2. The average Bonchev–Trinajstić information content (AvgIpc) is 2.71. The summed E-state index contributed by atoms with van der Waals surface area (Å²) in [5, 5.41) is 3.49. The summed E-state index contributed by atoms with van der Waals surface area (Å²) in [6.07, 6.45) is 3.47. The van der Waals surface area contributed by atoms with Crippen molar-refractivity contribution in [2.45, 2.75) is 38.9 Å². The van der Waals surface area contributed by atoms with Gasteiger partial charge < -0.3 is 19.2 Å². The second-order valence-electron chi connectivity index (χ2n) is 9.07. The number of benzene rings is 1. The molecule has 0 saturated carbocycles. The number of nitrogens with one attached hydrogen (secondary N) is 1. The molecule has 1 aromatic heterocycles. The zero-order chi connectivity index (χ0) is 21.6. The van der Waals surface area contributed by atoms with Gasteiger partial charge in [0, 0.05) is 25.3 Å². The fraction of sp³-hybridized carbons (Fsp3) is 0.545. The van der Waals surface area contributed by atoms with Crippen LogP contribution in [-0.2, 0) is 4.74 Å². The Morgan fingerprint density at radius 3 is 2.27 bits per heavy atom. The monoisotopic (exact) mass is 430 g/mol. The van der Waals surface area contributed by atoms with Crippen molar-refractivity contribution in [3.05, 3.63) is 36.7 Å². The Hall–Kier alpha value is -2.16. The Bertz CT molecular complexity index is 786. The predicted molar refractivity (Wildman–Crippen MR) is 122 cm³/mol. The third-order valence-electron chi connectivity index (χ3n) is 5.69. The number of rotatable bonds is 8. The smallest absolute Gasteiger partial charge is 0.316 e. The largest absolute Gasteiger partial charge is 0.544 e. The summed E-state index contributed by atoms with van der Waals surface area (Å²) in [5.41, 5.74) is 1.77. The summed E-state index contributed by atoms with van der Waals surface area (Å²) >= 11 is 0. The summed E-state index contributed by atoms with van der Waals surface area (Å²) in [6, 6.07) is 8.43. The van der Waals surface area contributed by atoms with Crippen LogP contribution in [0.3, 0.4) is 0 Å². The Kier molecular flexibility index (Phi) is 7.33. The minimum absolute atomic E-state index is 0.174. The highest BCUT2D eigenvalue weighted by Gasteiger charge is 2.38. The molecule has 0 radical (unpaired) electrons. The third kappa shape index (κ3) is 6.42. The van der Waals surface area contributed by atoms with Gasteiger partial charge in [-0.3, -0.25) is 4.90 Å². The molecule has 30 heavy (non-hydrogen) atoms. The van der Waals surface area contributed by atoms with E-state index in [-0.39, 0.29) is 5.04 Å². The third-order valence-corrected chi connectivity index (χ3v) is 10.1. The maximum absolute atomic E-state index is 6.33. The van der Waals surface area contributed by atoms with Crippen LogP contribution in [0, 0.1) is 0 Å². The Morgan fingerprint density at radius 2 is 1.67 bits per heavy atom. The average molecular weight is 431 g/mol. The highest BCUT2D eigenvalue weighted by molar-refractivity contribution is 6.74. The van der Waals surface area contributed by atoms with Crippen molar-refractivity contribution < 1.29 is 13.9 Å². The molecule has 164 valence electrons. The SMILES string of the molecule is CC(C)(C)[Si](C)(C)Oc1ccc(Nc2cnc(OCCN3CCOCC3)nc2)cc1. The number of ether oxygens (including phenoxy) is 2. The molecule has 1 N–H and O–H groups in total. The van der Waals surface area contributed by atoms with Crippen LogP contribution in [-0.4, -0.2) is 62.6 Å². The van der Waals surface area contributed by atoms with Crippen molar-refractivity contribution in [1.29, 1.82) is 0 Å². The first-order valence-electron chi connectivity index (χ1n) is 10.5. The maximum atomic E-state index is 6.33. The van der Waals surface area contributed by atoms with Crippen LogP contribution in [0.25, 0.3) is 0 Å². The number of anilines is 2. The van der Waals surface area contributed by atoms with Gasteiger partial charge in [0.15, 0.2) is 0 Å². The fourth-order valence-electron chi connectivity index (χ4n) is 2.77. The standard InChI is InChI=1S/C22H34N4O3Si/c1-22(2,3)30(4,5)29-20-8-6-18(7-9-20)25-19-16-23-21(24-17-19)28-15-12-26-10-13-27-14-11-26/h6-9,16-17,25H,10-15H2,1-5H3. The van der Waals surface area contributed by atoms with Gasteiger partial charge in [-0.1, -0.05) is 20.8 Å². The molecule has 0 atom stereocenters. The number of hydrogen-bond donors (Lipinski definition) is 1. The summed E-state index contributed by atoms with van der Waals surface area (Å²) in [4.78, 5) is 10.9. The summed E-state index contributed by atoms with van der Waals surface area (Å²) in [6.45, 7) is 16.1. The minimum atomic E-state index is -1.83. The number of aromatic nitrogens is 2. The van der Waals surface area contributed by atoms with Crippen LogP contribution in [0.2, 0.25) is 18.1 Å². The highest BCUT2D eigenvalue weighted by atomic mass is 28.4. The van der Waals surface area contributed by atoms with E-state index >= 15 is 0 Å². The molecule has 2 aromatic rings. The summed E-state index contributed by atoms with van der Waals surface area (Å²) < 4.78 is 17.3. The molecule has 2 heterocycles. The topological polar surface area (TPSA) is 68.7 Å². The molecule has 0 amide bonds. The van der Waals surface area contributed by atoms with Crippen LogP contribution >= 0.6 is 0 Å². The lowest BCUT2D eigenvalue weighted by Crippen LogP contribution is -2.43. The Morgan fingerprint density at radius 1 is 1.03 bits per heavy atom. The predicted octanol–water partition coefficient (Wildman–Crippen LogP) is 4.32. The van der Waals surface area contributed by atoms with E-state index in [0.717, 1.165) is 50.0 Å². The Balaban J connectivity index is 1.48. The van der Waals surface area contributed by atoms with Gasteiger partial charge in [-0.2, -0.15) is 0 Å². The molecule has 1 fully saturated rings. The molecule has 1 aromatic carbocycles. The van der Waals surface area contributed by atoms with Crippen molar-refractivity contribution in [3.8, 4) is 11.8 Å². The van der Waals surface area contributed by atoms with Crippen LogP contribution in [0.15, 0.2) is 36.7 Å². The highest BCUT2D eigenvalue weighted by Crippen LogP contribution is 2.37. The van der Waals surface area contributed by atoms with Gasteiger partial charge in [0.25, 0.3) is 0 Å². The van der Waals surface area contributed by atoms with E-state index in [9.17, 15) is 0 Å². The zero-order valence-corrected chi connectivity index (χ0v) is 19.8. The molecule has 7 nitrogen and oxygen atoms in total. The van der Waals surface area contributed by atoms with E-state index < -0.39 is 8.32 Å². The van der Waals surface area contributed by atoms with Crippen LogP contribution in [0.5, 0.6) is 11.8 Å². The second kappa shape index (κ2) is 9.76. The zero-order valence-electron chi connectivity index (χ0n) is 18.8. The van der Waals surface area contributed by atoms with E-state index in [1.165, 1.54) is 0 Å². The molecular weight excluding hydrogens is 396 g/mol. The lowest BCUT2D eigenvalue weighted by atomic mass is 10.2. The van der Waals surface area contributed by atoms with Crippen molar-refractivity contribution in [1.82, 2.24) is 14.9 Å². The summed E-state index contributed by atoms with van der Waals surface area (Å²) in [5.74, 6) is 0.910. The number of nitrogens with zero attached hydrogens (tertiary/aromatic N) is 3. The first kappa shape index (κ1) is 22.5. The van der Waals surface area contributed by atoms with Gasteiger partial charge in [0.2, 0.25) is 8.32 Å². The quantitative estimate of drug-likeness (QED) is 0.626. The summed E-state index contributed by atoms with van der Waals surface area (Å²) in [7, 11) is -1.83. The van der Waals surface area contributed by atoms with Crippen molar-refractivity contribution in [2.75, 3.05) is 44.8 Å². The van der Waals surface area contributed by atoms with Gasteiger partial charge in [0.05, 0.1) is 31.3 Å². The molecule has 1 aliphatic rings. The van der Waals surface area contributed by atoms with E-state index in [2.05, 4.69) is 54.0 Å². The molecule has 0 unspecified atom stereocenters. The van der Waals surface area contributed by atoms with Crippen LogP contribution in [0.1, 0.15) is 20.8 Å². The van der Waals surface area contributed by atoms with Gasteiger partial charge >= 0.3 is 6.01 Å². The van der Waals surface area contributed by atoms with Crippen molar-refractivity contribution >= 4 is 19.7 Å². The second-order valence-corrected chi connectivity index (χ2v) is 13.8. The normalized spacial score (nSPS) is 15.6. The van der Waals surface area contributed by atoms with Crippen molar-refractivity contribution in [2.24, 2.45) is 0 Å². The lowest BCUT2D eigenvalue weighted by molar-refractivity contribution is 0.0317. The maximum Gasteiger partial charge on any atom is 0.316 e. The van der Waals surface area contributed by atoms with Gasteiger partial charge in [0.1, 0.15) is 12.4 Å². The van der Waals surface area contributed by atoms with Crippen LogP contribution in [0.4, 0.5) is 11.4 Å². The Labute approximate surface area is 180 Å². The van der Waals surface area contributed by atoms with E-state index in [4.69, 9.17) is 13.9 Å².